The second-order valence-electron chi connectivity index (χ2n) is 7.21. The smallest absolute Gasteiger partial charge is 0.251 e. The van der Waals surface area contributed by atoms with Crippen LogP contribution in [-0.2, 0) is 6.42 Å². The topological polar surface area (TPSA) is 29.1 Å². The van der Waals surface area contributed by atoms with Crippen LogP contribution in [0.15, 0.2) is 60.7 Å². The van der Waals surface area contributed by atoms with Crippen molar-refractivity contribution in [3.05, 3.63) is 82.4 Å². The van der Waals surface area contributed by atoms with Crippen molar-refractivity contribution in [3.8, 4) is 0 Å². The van der Waals surface area contributed by atoms with Crippen LogP contribution in [0.4, 0.5) is 0 Å². The van der Waals surface area contributed by atoms with E-state index in [0.717, 1.165) is 16.8 Å². The molecule has 0 aromatic heterocycles. The van der Waals surface area contributed by atoms with Crippen molar-refractivity contribution < 1.29 is 4.79 Å². The molecule has 0 aliphatic carbocycles. The van der Waals surface area contributed by atoms with E-state index in [0.29, 0.717) is 11.5 Å². The van der Waals surface area contributed by atoms with Gasteiger partial charge in [-0.25, -0.2) is 0 Å². The molecule has 0 saturated heterocycles. The Morgan fingerprint density at radius 2 is 1.50 bits per heavy atom. The Labute approximate surface area is 160 Å². The molecular formula is C23H24ClNO. The molecule has 1 N–H and O–H groups in total. The van der Waals surface area contributed by atoms with E-state index in [4.69, 9.17) is 11.6 Å². The van der Waals surface area contributed by atoms with E-state index in [1.165, 1.54) is 16.5 Å². The van der Waals surface area contributed by atoms with Crippen molar-refractivity contribution in [1.82, 2.24) is 5.32 Å². The molecule has 0 heterocycles. The van der Waals surface area contributed by atoms with Crippen LogP contribution in [0.5, 0.6) is 0 Å². The number of rotatable bonds is 5. The van der Waals surface area contributed by atoms with E-state index in [2.05, 4.69) is 37.4 Å². The number of hydrogen-bond acceptors (Lipinski definition) is 1. The average Bonchev–Trinajstić information content (AvgIpc) is 2.62. The second-order valence-corrected chi connectivity index (χ2v) is 7.64. The van der Waals surface area contributed by atoms with Gasteiger partial charge in [-0.05, 0) is 65.4 Å². The summed E-state index contributed by atoms with van der Waals surface area (Å²) in [7, 11) is 0. The molecule has 1 amide bonds. The molecule has 26 heavy (non-hydrogen) atoms. The lowest BCUT2D eigenvalue weighted by Crippen LogP contribution is -2.36. The summed E-state index contributed by atoms with van der Waals surface area (Å²) in [5.74, 6) is 0.404. The molecule has 0 aliphatic heterocycles. The molecular weight excluding hydrogens is 342 g/mol. The molecule has 0 bridgehead atoms. The molecule has 3 aromatic carbocycles. The van der Waals surface area contributed by atoms with Gasteiger partial charge in [0, 0.05) is 16.6 Å². The lowest BCUT2D eigenvalue weighted by molar-refractivity contribution is 0.0930. The Morgan fingerprint density at radius 3 is 2.19 bits per heavy atom. The molecule has 2 nitrogen and oxygen atoms in total. The molecule has 134 valence electrons. The summed E-state index contributed by atoms with van der Waals surface area (Å²) in [6.07, 6.45) is 0.836. The Balaban J connectivity index is 1.71. The lowest BCUT2D eigenvalue weighted by Gasteiger charge is -2.17. The summed E-state index contributed by atoms with van der Waals surface area (Å²) in [5, 5.41) is 6.13. The lowest BCUT2D eigenvalue weighted by atomic mass is 10.00. The third kappa shape index (κ3) is 4.44. The highest BCUT2D eigenvalue weighted by molar-refractivity contribution is 6.31. The van der Waals surface area contributed by atoms with Gasteiger partial charge in [-0.3, -0.25) is 4.79 Å². The van der Waals surface area contributed by atoms with Crippen molar-refractivity contribution in [2.75, 3.05) is 0 Å². The number of carbonyl (C=O) groups is 1. The van der Waals surface area contributed by atoms with Gasteiger partial charge >= 0.3 is 0 Å². The second kappa shape index (κ2) is 7.92. The molecule has 0 radical (unpaired) electrons. The van der Waals surface area contributed by atoms with E-state index in [9.17, 15) is 4.79 Å². The summed E-state index contributed by atoms with van der Waals surface area (Å²) < 4.78 is 0. The summed E-state index contributed by atoms with van der Waals surface area (Å²) in [4.78, 5) is 12.3. The summed E-state index contributed by atoms with van der Waals surface area (Å²) in [6.45, 7) is 6.24. The minimum Gasteiger partial charge on any atom is -0.349 e. The Bertz CT molecular complexity index is 915. The number of fused-ring (bicyclic) bond motifs is 1. The maximum atomic E-state index is 12.3. The fourth-order valence-electron chi connectivity index (χ4n) is 2.84. The fourth-order valence-corrected chi connectivity index (χ4v) is 3.02. The van der Waals surface area contributed by atoms with Gasteiger partial charge in [0.25, 0.3) is 5.91 Å². The minimum absolute atomic E-state index is 0.0136. The minimum atomic E-state index is -0.0136. The normalized spacial score (nSPS) is 12.3. The molecule has 3 aromatic rings. The van der Waals surface area contributed by atoms with E-state index < -0.39 is 0 Å². The maximum Gasteiger partial charge on any atom is 0.251 e. The zero-order valence-electron chi connectivity index (χ0n) is 15.4. The van der Waals surface area contributed by atoms with Crippen molar-refractivity contribution >= 4 is 28.3 Å². The third-order valence-corrected chi connectivity index (χ3v) is 5.08. The van der Waals surface area contributed by atoms with Crippen LogP contribution < -0.4 is 5.32 Å². The summed E-state index contributed by atoms with van der Waals surface area (Å²) >= 11 is 6.04. The van der Waals surface area contributed by atoms with Gasteiger partial charge in [0.1, 0.15) is 0 Å². The first-order valence-corrected chi connectivity index (χ1v) is 9.38. The molecule has 1 unspecified atom stereocenters. The molecule has 0 fully saturated rings. The Hall–Kier alpha value is -2.32. The van der Waals surface area contributed by atoms with Crippen molar-refractivity contribution in [1.29, 1.82) is 0 Å². The van der Waals surface area contributed by atoms with E-state index in [1.807, 2.05) is 49.4 Å². The first-order valence-electron chi connectivity index (χ1n) is 9.00. The molecule has 1 atom stereocenters. The molecule has 0 aliphatic rings. The summed E-state index contributed by atoms with van der Waals surface area (Å²) in [6, 6.07) is 20.4. The first kappa shape index (κ1) is 18.5. The van der Waals surface area contributed by atoms with E-state index in [-0.39, 0.29) is 11.9 Å². The van der Waals surface area contributed by atoms with Gasteiger partial charge in [-0.15, -0.1) is 0 Å². The van der Waals surface area contributed by atoms with Gasteiger partial charge in [0.05, 0.1) is 0 Å². The van der Waals surface area contributed by atoms with Crippen LogP contribution in [0.3, 0.4) is 0 Å². The number of benzene rings is 3. The van der Waals surface area contributed by atoms with Crippen LogP contribution in [0.25, 0.3) is 10.8 Å². The standard InChI is InChI=1S/C23H24ClNO/c1-15(2)16(3)25-23(26)19-7-4-17(5-8-19)12-18-6-9-21-14-22(24)11-10-20(21)13-18/h4-11,13-16H,12H2,1-3H3,(H,25,26). The largest absolute Gasteiger partial charge is 0.349 e. The van der Waals surface area contributed by atoms with Crippen LogP contribution in [-0.4, -0.2) is 11.9 Å². The quantitative estimate of drug-likeness (QED) is 0.603. The monoisotopic (exact) mass is 365 g/mol. The van der Waals surface area contributed by atoms with Gasteiger partial charge < -0.3 is 5.32 Å². The fraction of sp³-hybridized carbons (Fsp3) is 0.261. The van der Waals surface area contributed by atoms with E-state index in [1.54, 1.807) is 0 Å². The number of amides is 1. The van der Waals surface area contributed by atoms with Crippen molar-refractivity contribution in [2.24, 2.45) is 5.92 Å². The van der Waals surface area contributed by atoms with Crippen LogP contribution in [0, 0.1) is 5.92 Å². The number of halogens is 1. The van der Waals surface area contributed by atoms with Gasteiger partial charge in [0.2, 0.25) is 0 Å². The number of hydrogen-bond donors (Lipinski definition) is 1. The van der Waals surface area contributed by atoms with Crippen molar-refractivity contribution in [3.63, 3.8) is 0 Å². The van der Waals surface area contributed by atoms with E-state index >= 15 is 0 Å². The SMILES string of the molecule is CC(C)C(C)NC(=O)c1ccc(Cc2ccc3cc(Cl)ccc3c2)cc1. The predicted octanol–water partition coefficient (Wildman–Crippen LogP) is 5.86. The van der Waals surface area contributed by atoms with Gasteiger partial charge in [0.15, 0.2) is 0 Å². The number of nitrogens with one attached hydrogen (secondary N) is 1. The predicted molar refractivity (Wildman–Crippen MR) is 110 cm³/mol. The molecule has 0 spiro atoms. The van der Waals surface area contributed by atoms with Crippen LogP contribution >= 0.6 is 11.6 Å². The highest BCUT2D eigenvalue weighted by Crippen LogP contribution is 2.22. The molecule has 0 saturated carbocycles. The van der Waals surface area contributed by atoms with Crippen LogP contribution in [0.2, 0.25) is 5.02 Å². The molecule has 3 rings (SSSR count). The van der Waals surface area contributed by atoms with Crippen LogP contribution in [0.1, 0.15) is 42.3 Å². The maximum absolute atomic E-state index is 12.3. The van der Waals surface area contributed by atoms with Crippen molar-refractivity contribution in [2.45, 2.75) is 33.2 Å². The van der Waals surface area contributed by atoms with Gasteiger partial charge in [-0.2, -0.15) is 0 Å². The molecule has 3 heteroatoms. The zero-order chi connectivity index (χ0) is 18.7. The zero-order valence-corrected chi connectivity index (χ0v) is 16.2. The Kier molecular flexibility index (Phi) is 5.63. The average molecular weight is 366 g/mol. The Morgan fingerprint density at radius 1 is 0.885 bits per heavy atom. The highest BCUT2D eigenvalue weighted by atomic mass is 35.5. The highest BCUT2D eigenvalue weighted by Gasteiger charge is 2.12. The number of carbonyl (C=O) groups excluding carboxylic acids is 1. The first-order chi connectivity index (χ1) is 12.4. The third-order valence-electron chi connectivity index (χ3n) is 4.85. The van der Waals surface area contributed by atoms with Gasteiger partial charge in [-0.1, -0.05) is 61.8 Å². The summed E-state index contributed by atoms with van der Waals surface area (Å²) in [5.41, 5.74) is 3.13.